The zero-order valence-electron chi connectivity index (χ0n) is 11.0. The number of thiophene rings is 1. The Hall–Kier alpha value is -1.46. The van der Waals surface area contributed by atoms with Crippen LogP contribution in [0.1, 0.15) is 45.4 Å². The molecule has 0 aliphatic heterocycles. The summed E-state index contributed by atoms with van der Waals surface area (Å²) >= 11 is 7.69. The van der Waals surface area contributed by atoms with Gasteiger partial charge in [-0.05, 0) is 43.9 Å². The average Bonchev–Trinajstić information content (AvgIpc) is 2.80. The van der Waals surface area contributed by atoms with Crippen molar-refractivity contribution in [3.8, 4) is 0 Å². The molecule has 104 valence electrons. The molecule has 1 aliphatic carbocycles. The number of amides is 1. The number of rotatable bonds is 2. The highest BCUT2D eigenvalue weighted by Crippen LogP contribution is 2.37. The van der Waals surface area contributed by atoms with Gasteiger partial charge in [0.25, 0.3) is 5.91 Å². The number of nitrogens with zero attached hydrogens (tertiary/aromatic N) is 2. The summed E-state index contributed by atoms with van der Waals surface area (Å²) in [5.41, 5.74) is 2.45. The van der Waals surface area contributed by atoms with Crippen molar-refractivity contribution in [2.75, 3.05) is 0 Å². The minimum atomic E-state index is -0.108. The molecule has 0 spiro atoms. The molecule has 0 aromatic carbocycles. The normalized spacial score (nSPS) is 17.6. The van der Waals surface area contributed by atoms with Gasteiger partial charge < -0.3 is 5.32 Å². The molecule has 2 heterocycles. The van der Waals surface area contributed by atoms with Gasteiger partial charge in [-0.1, -0.05) is 11.6 Å². The fraction of sp³-hybridized carbons (Fsp3) is 0.357. The molecule has 0 saturated carbocycles. The number of fused-ring (bicyclic) bond motifs is 1. The molecule has 0 radical (unpaired) electrons. The third kappa shape index (κ3) is 2.69. The number of hydrogen-bond acceptors (Lipinski definition) is 4. The van der Waals surface area contributed by atoms with Gasteiger partial charge in [-0.3, -0.25) is 4.79 Å². The molecule has 3 rings (SSSR count). The Morgan fingerprint density at radius 1 is 1.50 bits per heavy atom. The number of carbonyl (C=O) groups excluding carboxylic acids is 1. The molecule has 1 unspecified atom stereocenters. The number of hydrogen-bond donors (Lipinski definition) is 1. The molecule has 2 aromatic rings. The summed E-state index contributed by atoms with van der Waals surface area (Å²) in [5, 5.41) is 10.8. The molecular formula is C14H14ClN3OS. The summed E-state index contributed by atoms with van der Waals surface area (Å²) in [6.07, 6.45) is 4.56. The molecular weight excluding hydrogens is 294 g/mol. The molecule has 6 heteroatoms. The zero-order valence-corrected chi connectivity index (χ0v) is 12.6. The summed E-state index contributed by atoms with van der Waals surface area (Å²) in [6, 6.07) is 3.76. The Bertz CT molecular complexity index is 656. The Labute approximate surface area is 126 Å². The molecule has 1 amide bonds. The van der Waals surface area contributed by atoms with E-state index in [9.17, 15) is 4.79 Å². The lowest BCUT2D eigenvalue weighted by Crippen LogP contribution is -2.30. The third-order valence-electron chi connectivity index (χ3n) is 3.43. The van der Waals surface area contributed by atoms with Crippen LogP contribution in [0, 0.1) is 6.92 Å². The number of halogens is 1. The first kappa shape index (κ1) is 13.5. The van der Waals surface area contributed by atoms with Crippen molar-refractivity contribution in [2.45, 2.75) is 32.2 Å². The molecule has 1 N–H and O–H groups in total. The van der Waals surface area contributed by atoms with E-state index in [0.29, 0.717) is 5.56 Å². The molecule has 2 aromatic heterocycles. The van der Waals surface area contributed by atoms with Crippen molar-refractivity contribution in [2.24, 2.45) is 0 Å². The topological polar surface area (TPSA) is 54.9 Å². The summed E-state index contributed by atoms with van der Waals surface area (Å²) in [4.78, 5) is 13.6. The monoisotopic (exact) mass is 307 g/mol. The number of aryl methyl sites for hydroxylation is 2. The first-order valence-electron chi connectivity index (χ1n) is 6.52. The van der Waals surface area contributed by atoms with Crippen LogP contribution in [0.2, 0.25) is 4.34 Å². The maximum Gasteiger partial charge on any atom is 0.253 e. The maximum absolute atomic E-state index is 12.3. The van der Waals surface area contributed by atoms with Crippen LogP contribution in [0.4, 0.5) is 0 Å². The lowest BCUT2D eigenvalue weighted by molar-refractivity contribution is 0.0932. The van der Waals surface area contributed by atoms with Gasteiger partial charge in [0.2, 0.25) is 0 Å². The minimum Gasteiger partial charge on any atom is -0.345 e. The van der Waals surface area contributed by atoms with E-state index in [1.165, 1.54) is 16.6 Å². The second-order valence-electron chi connectivity index (χ2n) is 4.93. The van der Waals surface area contributed by atoms with E-state index in [1.807, 2.05) is 13.0 Å². The van der Waals surface area contributed by atoms with Gasteiger partial charge >= 0.3 is 0 Å². The van der Waals surface area contributed by atoms with Crippen molar-refractivity contribution in [3.05, 3.63) is 44.4 Å². The summed E-state index contributed by atoms with van der Waals surface area (Å²) in [7, 11) is 0. The van der Waals surface area contributed by atoms with Crippen molar-refractivity contribution in [3.63, 3.8) is 0 Å². The van der Waals surface area contributed by atoms with Crippen LogP contribution in [0.15, 0.2) is 18.3 Å². The van der Waals surface area contributed by atoms with E-state index < -0.39 is 0 Å². The van der Waals surface area contributed by atoms with Crippen LogP contribution in [0.3, 0.4) is 0 Å². The molecule has 20 heavy (non-hydrogen) atoms. The molecule has 0 bridgehead atoms. The highest BCUT2D eigenvalue weighted by molar-refractivity contribution is 7.16. The van der Waals surface area contributed by atoms with Crippen molar-refractivity contribution < 1.29 is 4.79 Å². The Kier molecular flexibility index (Phi) is 3.72. The van der Waals surface area contributed by atoms with Crippen molar-refractivity contribution in [1.29, 1.82) is 0 Å². The van der Waals surface area contributed by atoms with Gasteiger partial charge in [-0.25, -0.2) is 0 Å². The van der Waals surface area contributed by atoms with Crippen LogP contribution in [0.25, 0.3) is 0 Å². The van der Waals surface area contributed by atoms with Gasteiger partial charge in [-0.2, -0.15) is 10.2 Å². The molecule has 1 atom stereocenters. The zero-order chi connectivity index (χ0) is 14.1. The minimum absolute atomic E-state index is 0.0449. The van der Waals surface area contributed by atoms with E-state index in [2.05, 4.69) is 15.5 Å². The van der Waals surface area contributed by atoms with Gasteiger partial charge in [0.1, 0.15) is 0 Å². The van der Waals surface area contributed by atoms with Crippen LogP contribution in [-0.4, -0.2) is 16.1 Å². The summed E-state index contributed by atoms with van der Waals surface area (Å²) in [5.74, 6) is -0.108. The molecule has 0 fully saturated rings. The number of nitrogens with one attached hydrogen (secondary N) is 1. The third-order valence-corrected chi connectivity index (χ3v) is 4.77. The predicted molar refractivity (Wildman–Crippen MR) is 79.2 cm³/mol. The Balaban J connectivity index is 1.80. The second kappa shape index (κ2) is 5.50. The van der Waals surface area contributed by atoms with Crippen LogP contribution in [-0.2, 0) is 6.42 Å². The molecule has 1 aliphatic rings. The van der Waals surface area contributed by atoms with E-state index in [1.54, 1.807) is 17.4 Å². The van der Waals surface area contributed by atoms with Crippen LogP contribution >= 0.6 is 22.9 Å². The average molecular weight is 308 g/mol. The van der Waals surface area contributed by atoms with E-state index in [4.69, 9.17) is 11.6 Å². The summed E-state index contributed by atoms with van der Waals surface area (Å²) < 4.78 is 0.789. The lowest BCUT2D eigenvalue weighted by Gasteiger charge is -2.23. The standard InChI is InChI=1S/C14H14ClN3OS/c1-8-5-9(7-16-18-8)14(19)17-11-3-2-4-12-10(11)6-13(15)20-12/h5-7,11H,2-4H2,1H3,(H,17,19). The number of aromatic nitrogens is 2. The first-order chi connectivity index (χ1) is 9.63. The van der Waals surface area contributed by atoms with Crippen molar-refractivity contribution >= 4 is 28.8 Å². The number of carbonyl (C=O) groups is 1. The van der Waals surface area contributed by atoms with Crippen molar-refractivity contribution in [1.82, 2.24) is 15.5 Å². The van der Waals surface area contributed by atoms with Gasteiger partial charge in [0.05, 0.1) is 27.8 Å². The maximum atomic E-state index is 12.3. The first-order valence-corrected chi connectivity index (χ1v) is 7.71. The van der Waals surface area contributed by atoms with Crippen LogP contribution < -0.4 is 5.32 Å². The van der Waals surface area contributed by atoms with Gasteiger partial charge in [0, 0.05) is 4.88 Å². The van der Waals surface area contributed by atoms with Gasteiger partial charge in [-0.15, -0.1) is 11.3 Å². The van der Waals surface area contributed by atoms with Gasteiger partial charge in [0.15, 0.2) is 0 Å². The smallest absolute Gasteiger partial charge is 0.253 e. The summed E-state index contributed by atoms with van der Waals surface area (Å²) in [6.45, 7) is 1.82. The predicted octanol–water partition coefficient (Wildman–Crippen LogP) is 3.31. The second-order valence-corrected chi connectivity index (χ2v) is 6.70. The molecule has 4 nitrogen and oxygen atoms in total. The highest BCUT2D eigenvalue weighted by Gasteiger charge is 2.24. The highest BCUT2D eigenvalue weighted by atomic mass is 35.5. The van der Waals surface area contributed by atoms with E-state index in [0.717, 1.165) is 29.3 Å². The fourth-order valence-electron chi connectivity index (χ4n) is 2.51. The molecule has 0 saturated heterocycles. The Morgan fingerprint density at radius 3 is 3.15 bits per heavy atom. The van der Waals surface area contributed by atoms with E-state index in [-0.39, 0.29) is 11.9 Å². The van der Waals surface area contributed by atoms with E-state index >= 15 is 0 Å². The lowest BCUT2D eigenvalue weighted by atomic mass is 9.94. The Morgan fingerprint density at radius 2 is 2.35 bits per heavy atom. The largest absolute Gasteiger partial charge is 0.345 e. The quantitative estimate of drug-likeness (QED) is 0.926. The van der Waals surface area contributed by atoms with Crippen LogP contribution in [0.5, 0.6) is 0 Å². The SMILES string of the molecule is Cc1cc(C(=O)NC2CCCc3sc(Cl)cc32)cnn1. The fourth-order valence-corrected chi connectivity index (χ4v) is 3.89.